The van der Waals surface area contributed by atoms with Crippen molar-refractivity contribution in [2.75, 3.05) is 25.1 Å². The highest BCUT2D eigenvalue weighted by atomic mass is 32.2. The molecule has 88 valence electrons. The monoisotopic (exact) mass is 236 g/mol. The van der Waals surface area contributed by atoms with Crippen LogP contribution in [0.1, 0.15) is 18.4 Å². The molecule has 3 N–H and O–H groups in total. The van der Waals surface area contributed by atoms with Crippen LogP contribution in [-0.4, -0.2) is 19.3 Å². The van der Waals surface area contributed by atoms with E-state index in [-0.39, 0.29) is 0 Å². The minimum Gasteiger partial charge on any atom is -0.398 e. The highest BCUT2D eigenvalue weighted by Crippen LogP contribution is 2.26. The Morgan fingerprint density at radius 2 is 2.12 bits per heavy atom. The van der Waals surface area contributed by atoms with E-state index in [1.165, 1.54) is 42.8 Å². The SMILES string of the molecule is CSc1cc(CC2CCNCC2)ccc1N. The number of piperidine rings is 1. The van der Waals surface area contributed by atoms with Crippen molar-refractivity contribution in [3.05, 3.63) is 23.8 Å². The second-order valence-electron chi connectivity index (χ2n) is 4.47. The van der Waals surface area contributed by atoms with Crippen molar-refractivity contribution in [3.8, 4) is 0 Å². The van der Waals surface area contributed by atoms with Crippen LogP contribution in [0, 0.1) is 5.92 Å². The van der Waals surface area contributed by atoms with Crippen LogP contribution in [0.2, 0.25) is 0 Å². The average molecular weight is 236 g/mol. The van der Waals surface area contributed by atoms with E-state index in [1.54, 1.807) is 11.8 Å². The van der Waals surface area contributed by atoms with Crippen molar-refractivity contribution in [1.29, 1.82) is 0 Å². The van der Waals surface area contributed by atoms with E-state index in [2.05, 4.69) is 23.7 Å². The predicted molar refractivity (Wildman–Crippen MR) is 71.9 cm³/mol. The lowest BCUT2D eigenvalue weighted by atomic mass is 9.91. The van der Waals surface area contributed by atoms with Crippen LogP contribution >= 0.6 is 11.8 Å². The van der Waals surface area contributed by atoms with Crippen molar-refractivity contribution in [2.45, 2.75) is 24.2 Å². The fraction of sp³-hybridized carbons (Fsp3) is 0.538. The smallest absolute Gasteiger partial charge is 0.0452 e. The van der Waals surface area contributed by atoms with Gasteiger partial charge in [-0.3, -0.25) is 0 Å². The molecule has 16 heavy (non-hydrogen) atoms. The van der Waals surface area contributed by atoms with Gasteiger partial charge in [0.25, 0.3) is 0 Å². The van der Waals surface area contributed by atoms with Crippen molar-refractivity contribution in [2.24, 2.45) is 5.92 Å². The predicted octanol–water partition coefficient (Wildman–Crippen LogP) is 2.53. The maximum Gasteiger partial charge on any atom is 0.0452 e. The second kappa shape index (κ2) is 5.60. The van der Waals surface area contributed by atoms with E-state index >= 15 is 0 Å². The van der Waals surface area contributed by atoms with Crippen molar-refractivity contribution >= 4 is 17.4 Å². The highest BCUT2D eigenvalue weighted by Gasteiger charge is 2.13. The number of thioether (sulfide) groups is 1. The molecule has 0 unspecified atom stereocenters. The molecular weight excluding hydrogens is 216 g/mol. The zero-order valence-electron chi connectivity index (χ0n) is 9.83. The molecule has 1 saturated heterocycles. The third kappa shape index (κ3) is 2.92. The molecule has 2 nitrogen and oxygen atoms in total. The van der Waals surface area contributed by atoms with Gasteiger partial charge in [-0.2, -0.15) is 0 Å². The van der Waals surface area contributed by atoms with Crippen molar-refractivity contribution < 1.29 is 0 Å². The van der Waals surface area contributed by atoms with Crippen LogP contribution in [0.4, 0.5) is 5.69 Å². The summed E-state index contributed by atoms with van der Waals surface area (Å²) in [6.45, 7) is 2.35. The summed E-state index contributed by atoms with van der Waals surface area (Å²) in [6.07, 6.45) is 5.90. The number of nitrogens with one attached hydrogen (secondary N) is 1. The number of nitrogen functional groups attached to an aromatic ring is 1. The quantitative estimate of drug-likeness (QED) is 0.625. The summed E-state index contributed by atoms with van der Waals surface area (Å²) in [5.41, 5.74) is 8.24. The zero-order valence-corrected chi connectivity index (χ0v) is 10.6. The molecule has 1 aliphatic rings. The van der Waals surface area contributed by atoms with Gasteiger partial charge < -0.3 is 11.1 Å². The summed E-state index contributed by atoms with van der Waals surface area (Å²) in [4.78, 5) is 1.21. The molecule has 2 rings (SSSR count). The standard InChI is InChI=1S/C13H20N2S/c1-16-13-9-11(2-3-12(13)14)8-10-4-6-15-7-5-10/h2-3,9-10,15H,4-8,14H2,1H3. The largest absolute Gasteiger partial charge is 0.398 e. The van der Waals surface area contributed by atoms with Gasteiger partial charge in [0.1, 0.15) is 0 Å². The third-order valence-electron chi connectivity index (χ3n) is 3.28. The number of rotatable bonds is 3. The van der Waals surface area contributed by atoms with Crippen LogP contribution in [0.25, 0.3) is 0 Å². The number of anilines is 1. The minimum atomic E-state index is 0.847. The summed E-state index contributed by atoms with van der Waals surface area (Å²) in [6, 6.07) is 6.47. The summed E-state index contributed by atoms with van der Waals surface area (Å²) in [7, 11) is 0. The molecule has 0 amide bonds. The highest BCUT2D eigenvalue weighted by molar-refractivity contribution is 7.98. The Balaban J connectivity index is 2.03. The maximum absolute atomic E-state index is 5.90. The van der Waals surface area contributed by atoms with Gasteiger partial charge in [0, 0.05) is 10.6 Å². The van der Waals surface area contributed by atoms with Gasteiger partial charge in [0.15, 0.2) is 0 Å². The van der Waals surface area contributed by atoms with Crippen LogP contribution in [0.15, 0.2) is 23.1 Å². The molecule has 0 radical (unpaired) electrons. The van der Waals surface area contributed by atoms with E-state index < -0.39 is 0 Å². The molecule has 0 aromatic heterocycles. The lowest BCUT2D eigenvalue weighted by molar-refractivity contribution is 0.372. The summed E-state index contributed by atoms with van der Waals surface area (Å²) >= 11 is 1.73. The van der Waals surface area contributed by atoms with Crippen LogP contribution in [0.3, 0.4) is 0 Å². The Labute approximate surface area is 102 Å². The van der Waals surface area contributed by atoms with E-state index in [1.807, 2.05) is 6.07 Å². The molecule has 1 heterocycles. The Morgan fingerprint density at radius 3 is 2.81 bits per heavy atom. The van der Waals surface area contributed by atoms with E-state index in [9.17, 15) is 0 Å². The Hall–Kier alpha value is -0.670. The molecular formula is C13H20N2S. The maximum atomic E-state index is 5.90. The van der Waals surface area contributed by atoms with Gasteiger partial charge in [0.2, 0.25) is 0 Å². The fourth-order valence-corrected chi connectivity index (χ4v) is 2.87. The number of hydrogen-bond donors (Lipinski definition) is 2. The molecule has 1 aromatic carbocycles. The van der Waals surface area contributed by atoms with Gasteiger partial charge in [-0.1, -0.05) is 6.07 Å². The van der Waals surface area contributed by atoms with E-state index in [0.717, 1.165) is 11.6 Å². The number of nitrogens with two attached hydrogens (primary N) is 1. The zero-order chi connectivity index (χ0) is 11.4. The van der Waals surface area contributed by atoms with Gasteiger partial charge in [-0.25, -0.2) is 0 Å². The Bertz CT molecular complexity index is 346. The van der Waals surface area contributed by atoms with Gasteiger partial charge in [-0.05, 0) is 62.2 Å². The lowest BCUT2D eigenvalue weighted by Crippen LogP contribution is -2.28. The lowest BCUT2D eigenvalue weighted by Gasteiger charge is -2.22. The van der Waals surface area contributed by atoms with Crippen LogP contribution in [-0.2, 0) is 6.42 Å². The van der Waals surface area contributed by atoms with Gasteiger partial charge in [0.05, 0.1) is 0 Å². The van der Waals surface area contributed by atoms with Crippen molar-refractivity contribution in [1.82, 2.24) is 5.32 Å². The molecule has 0 aliphatic carbocycles. The average Bonchev–Trinajstić information content (AvgIpc) is 2.33. The van der Waals surface area contributed by atoms with Gasteiger partial charge in [-0.15, -0.1) is 11.8 Å². The fourth-order valence-electron chi connectivity index (χ4n) is 2.30. The first kappa shape index (κ1) is 11.8. The minimum absolute atomic E-state index is 0.847. The van der Waals surface area contributed by atoms with E-state index in [4.69, 9.17) is 5.73 Å². The second-order valence-corrected chi connectivity index (χ2v) is 5.32. The van der Waals surface area contributed by atoms with Crippen LogP contribution in [0.5, 0.6) is 0 Å². The topological polar surface area (TPSA) is 38.0 Å². The Kier molecular flexibility index (Phi) is 4.13. The molecule has 1 fully saturated rings. The number of benzene rings is 1. The van der Waals surface area contributed by atoms with Crippen LogP contribution < -0.4 is 11.1 Å². The van der Waals surface area contributed by atoms with Gasteiger partial charge >= 0.3 is 0 Å². The molecule has 3 heteroatoms. The molecule has 1 aliphatic heterocycles. The number of hydrogen-bond acceptors (Lipinski definition) is 3. The first-order chi connectivity index (χ1) is 7.79. The third-order valence-corrected chi connectivity index (χ3v) is 4.07. The molecule has 0 bridgehead atoms. The summed E-state index contributed by atoms with van der Waals surface area (Å²) in [5.74, 6) is 0.847. The van der Waals surface area contributed by atoms with Crippen molar-refractivity contribution in [3.63, 3.8) is 0 Å². The molecule has 0 spiro atoms. The normalized spacial score (nSPS) is 17.6. The summed E-state index contributed by atoms with van der Waals surface area (Å²) < 4.78 is 0. The first-order valence-corrected chi connectivity index (χ1v) is 7.15. The Morgan fingerprint density at radius 1 is 1.38 bits per heavy atom. The summed E-state index contributed by atoms with van der Waals surface area (Å²) in [5, 5.41) is 3.41. The first-order valence-electron chi connectivity index (χ1n) is 5.92. The molecule has 0 saturated carbocycles. The molecule has 1 aromatic rings. The van der Waals surface area contributed by atoms with E-state index in [0.29, 0.717) is 0 Å². The molecule has 0 atom stereocenters.